The number of allylic oxidation sites excluding steroid dienone is 2. The van der Waals surface area contributed by atoms with E-state index in [2.05, 4.69) is 173 Å². The largest absolute Gasteiger partial charge is 0.310 e. The SMILES string of the molecule is C=c1/c2c3ccccc3n1-c1ccccc1C/C=C(c1cccc3c4ccccc4n(-c4cccc(-c5ccccc5)c4)c13)\C=2. The Morgan fingerprint density at radius 3 is 2.07 bits per heavy atom. The molecule has 3 heterocycles. The molecule has 0 atom stereocenters. The van der Waals surface area contributed by atoms with Crippen molar-refractivity contribution in [2.75, 3.05) is 0 Å². The number of fused-ring (bicyclic) bond motifs is 10. The van der Waals surface area contributed by atoms with Crippen molar-refractivity contribution in [1.82, 2.24) is 9.13 Å². The summed E-state index contributed by atoms with van der Waals surface area (Å²) < 4.78 is 4.79. The smallest absolute Gasteiger partial charge is 0.0619 e. The number of hydrogen-bond acceptors (Lipinski definition) is 0. The van der Waals surface area contributed by atoms with Gasteiger partial charge in [0.2, 0.25) is 0 Å². The maximum atomic E-state index is 4.65. The van der Waals surface area contributed by atoms with Gasteiger partial charge in [-0.25, -0.2) is 0 Å². The third-order valence-corrected chi connectivity index (χ3v) is 9.31. The molecule has 0 fully saturated rings. The predicted octanol–water partition coefficient (Wildman–Crippen LogP) is 9.23. The first-order chi connectivity index (χ1) is 22.3. The van der Waals surface area contributed by atoms with Crippen LogP contribution in [0, 0.1) is 0 Å². The van der Waals surface area contributed by atoms with Crippen LogP contribution in [-0.4, -0.2) is 9.13 Å². The zero-order chi connectivity index (χ0) is 29.9. The molecular weight excluding hydrogens is 544 g/mol. The number of para-hydroxylation sites is 4. The lowest BCUT2D eigenvalue weighted by Crippen LogP contribution is -2.27. The Labute approximate surface area is 261 Å². The van der Waals surface area contributed by atoms with Crippen molar-refractivity contribution >= 4 is 50.9 Å². The highest BCUT2D eigenvalue weighted by atomic mass is 15.0. The molecule has 6 aromatic carbocycles. The van der Waals surface area contributed by atoms with E-state index in [1.54, 1.807) is 0 Å². The highest BCUT2D eigenvalue weighted by molar-refractivity contribution is 6.14. The van der Waals surface area contributed by atoms with Gasteiger partial charge < -0.3 is 9.13 Å². The molecule has 2 aromatic heterocycles. The number of hydrogen-bond donors (Lipinski definition) is 0. The number of nitrogens with zero attached hydrogens (tertiary/aromatic N) is 2. The predicted molar refractivity (Wildman–Crippen MR) is 190 cm³/mol. The first-order valence-corrected chi connectivity index (χ1v) is 15.5. The van der Waals surface area contributed by atoms with E-state index >= 15 is 0 Å². The Balaban J connectivity index is 1.37. The fourth-order valence-corrected chi connectivity index (χ4v) is 7.25. The van der Waals surface area contributed by atoms with Gasteiger partial charge in [0, 0.05) is 43.7 Å². The quantitative estimate of drug-likeness (QED) is 0.199. The van der Waals surface area contributed by atoms with E-state index in [1.165, 1.54) is 71.4 Å². The molecule has 0 radical (unpaired) electrons. The van der Waals surface area contributed by atoms with Gasteiger partial charge in [-0.05, 0) is 65.1 Å². The van der Waals surface area contributed by atoms with Crippen LogP contribution in [0.4, 0.5) is 0 Å². The first kappa shape index (κ1) is 25.6. The summed E-state index contributed by atoms with van der Waals surface area (Å²) in [7, 11) is 0. The lowest BCUT2D eigenvalue weighted by molar-refractivity contribution is 1.04. The monoisotopic (exact) mass is 574 g/mol. The molecule has 0 saturated heterocycles. The highest BCUT2D eigenvalue weighted by Crippen LogP contribution is 2.38. The average molecular weight is 575 g/mol. The molecule has 0 saturated carbocycles. The van der Waals surface area contributed by atoms with Crippen LogP contribution in [0.25, 0.3) is 73.4 Å². The van der Waals surface area contributed by atoms with Crippen LogP contribution in [0.5, 0.6) is 0 Å². The van der Waals surface area contributed by atoms with E-state index in [4.69, 9.17) is 0 Å². The van der Waals surface area contributed by atoms with Crippen molar-refractivity contribution in [3.63, 3.8) is 0 Å². The third kappa shape index (κ3) is 3.96. The van der Waals surface area contributed by atoms with Crippen molar-refractivity contribution in [3.05, 3.63) is 173 Å². The van der Waals surface area contributed by atoms with Crippen LogP contribution in [0.1, 0.15) is 11.1 Å². The lowest BCUT2D eigenvalue weighted by Gasteiger charge is -2.14. The van der Waals surface area contributed by atoms with Crippen LogP contribution >= 0.6 is 0 Å². The van der Waals surface area contributed by atoms with E-state index in [1.807, 2.05) is 0 Å². The number of aromatic nitrogens is 2. The van der Waals surface area contributed by atoms with Crippen molar-refractivity contribution in [1.29, 1.82) is 0 Å². The van der Waals surface area contributed by atoms with Crippen LogP contribution in [0.15, 0.2) is 152 Å². The molecule has 0 N–H and O–H groups in total. The number of rotatable bonds is 3. The summed E-state index contributed by atoms with van der Waals surface area (Å²) in [4.78, 5) is 0. The molecule has 1 aliphatic rings. The fraction of sp³-hybridized carbons (Fsp3) is 0.0233. The minimum absolute atomic E-state index is 0.821. The van der Waals surface area contributed by atoms with Gasteiger partial charge in [-0.3, -0.25) is 0 Å². The third-order valence-electron chi connectivity index (χ3n) is 9.31. The second-order valence-electron chi connectivity index (χ2n) is 11.8. The Hall–Kier alpha value is -5.86. The van der Waals surface area contributed by atoms with Crippen molar-refractivity contribution in [3.8, 4) is 22.5 Å². The Bertz CT molecular complexity index is 2580. The summed E-state index contributed by atoms with van der Waals surface area (Å²) >= 11 is 0. The van der Waals surface area contributed by atoms with Crippen LogP contribution < -0.4 is 10.6 Å². The molecule has 8 aromatic rings. The van der Waals surface area contributed by atoms with E-state index in [0.29, 0.717) is 0 Å². The molecule has 1 aliphatic heterocycles. The molecule has 212 valence electrons. The zero-order valence-electron chi connectivity index (χ0n) is 24.8. The average Bonchev–Trinajstić information content (AvgIpc) is 3.60. The van der Waals surface area contributed by atoms with Crippen LogP contribution in [0.2, 0.25) is 0 Å². The minimum Gasteiger partial charge on any atom is -0.310 e. The van der Waals surface area contributed by atoms with Gasteiger partial charge in [-0.15, -0.1) is 0 Å². The van der Waals surface area contributed by atoms with Gasteiger partial charge in [0.25, 0.3) is 0 Å². The van der Waals surface area contributed by atoms with E-state index in [-0.39, 0.29) is 0 Å². The lowest BCUT2D eigenvalue weighted by atomic mass is 9.97. The zero-order valence-corrected chi connectivity index (χ0v) is 24.8. The highest BCUT2D eigenvalue weighted by Gasteiger charge is 2.19. The summed E-state index contributed by atoms with van der Waals surface area (Å²) in [6.45, 7) is 4.65. The molecule has 0 aliphatic carbocycles. The molecule has 0 amide bonds. The molecular formula is C43H30N2. The molecule has 9 rings (SSSR count). The van der Waals surface area contributed by atoms with Crippen molar-refractivity contribution < 1.29 is 0 Å². The topological polar surface area (TPSA) is 9.86 Å². The second-order valence-corrected chi connectivity index (χ2v) is 11.8. The normalized spacial score (nSPS) is 14.7. The first-order valence-electron chi connectivity index (χ1n) is 15.5. The molecule has 45 heavy (non-hydrogen) atoms. The fourth-order valence-electron chi connectivity index (χ4n) is 7.25. The summed E-state index contributed by atoms with van der Waals surface area (Å²) in [5.74, 6) is 0. The van der Waals surface area contributed by atoms with Gasteiger partial charge in [-0.2, -0.15) is 0 Å². The van der Waals surface area contributed by atoms with E-state index < -0.39 is 0 Å². The van der Waals surface area contributed by atoms with Gasteiger partial charge >= 0.3 is 0 Å². The Kier molecular flexibility index (Phi) is 5.76. The van der Waals surface area contributed by atoms with Gasteiger partial charge in [0.15, 0.2) is 0 Å². The standard InChI is InChI=1S/C43H30N2/c1-29-39-28-33(26-25-31-15-5-8-22-40(31)44(29)41-23-9-7-19-37(39)41)35-20-12-21-38-36-18-6-10-24-42(36)45(43(35)38)34-17-11-16-32(27-34)30-13-3-2-4-14-30/h2-24,26-28H,1,25H2/b33-26+,39-28-. The van der Waals surface area contributed by atoms with Gasteiger partial charge in [0.05, 0.1) is 16.6 Å². The van der Waals surface area contributed by atoms with Crippen molar-refractivity contribution in [2.24, 2.45) is 0 Å². The Morgan fingerprint density at radius 1 is 0.533 bits per heavy atom. The molecule has 2 heteroatoms. The minimum atomic E-state index is 0.821. The summed E-state index contributed by atoms with van der Waals surface area (Å²) in [6.07, 6.45) is 5.59. The van der Waals surface area contributed by atoms with E-state index in [9.17, 15) is 0 Å². The Morgan fingerprint density at radius 2 is 1.20 bits per heavy atom. The van der Waals surface area contributed by atoms with E-state index in [0.717, 1.165) is 17.5 Å². The maximum absolute atomic E-state index is 4.65. The summed E-state index contributed by atoms with van der Waals surface area (Å²) in [5.41, 5.74) is 12.1. The molecule has 2 nitrogen and oxygen atoms in total. The van der Waals surface area contributed by atoms with Crippen LogP contribution in [-0.2, 0) is 6.42 Å². The second kappa shape index (κ2) is 10.1. The molecule has 2 bridgehead atoms. The van der Waals surface area contributed by atoms with Crippen molar-refractivity contribution in [2.45, 2.75) is 6.42 Å². The summed E-state index contributed by atoms with van der Waals surface area (Å²) in [6, 6.07) is 52.5. The molecule has 0 spiro atoms. The molecule has 0 unspecified atom stereocenters. The van der Waals surface area contributed by atoms with Crippen LogP contribution in [0.3, 0.4) is 0 Å². The van der Waals surface area contributed by atoms with Gasteiger partial charge in [-0.1, -0.05) is 128 Å². The summed E-state index contributed by atoms with van der Waals surface area (Å²) in [5, 5.41) is 5.90. The number of benzene rings is 6. The maximum Gasteiger partial charge on any atom is 0.0619 e. The van der Waals surface area contributed by atoms with Gasteiger partial charge in [0.1, 0.15) is 0 Å².